The van der Waals surface area contributed by atoms with E-state index in [1.54, 1.807) is 2.89 Å². The molecular weight excluding hydrogens is 315 g/mol. The van der Waals surface area contributed by atoms with Gasteiger partial charge in [0.15, 0.2) is 0 Å². The maximum atomic E-state index is 2.47. The second-order valence-electron chi connectivity index (χ2n) is 4.43. The molecule has 0 N–H and O–H groups in total. The number of hydrogen-bond acceptors (Lipinski definition) is 2. The van der Waals surface area contributed by atoms with Gasteiger partial charge in [0.25, 0.3) is 0 Å². The predicted octanol–water partition coefficient (Wildman–Crippen LogP) is 4.02. The molecule has 0 amide bonds. The Bertz CT molecular complexity index is 407. The summed E-state index contributed by atoms with van der Waals surface area (Å²) in [5.41, 5.74) is 1.42. The Kier molecular flexibility index (Phi) is 3.05. The van der Waals surface area contributed by atoms with Crippen molar-refractivity contribution in [3.05, 3.63) is 29.0 Å². The quantitative estimate of drug-likeness (QED) is 0.730. The van der Waals surface area contributed by atoms with Crippen molar-refractivity contribution in [3.8, 4) is 10.4 Å². The summed E-state index contributed by atoms with van der Waals surface area (Å²) in [7, 11) is 0. The second-order valence-corrected chi connectivity index (χ2v) is 21.7. The number of hydrogen-bond donors (Lipinski definition) is 0. The first kappa shape index (κ1) is 10.7. The van der Waals surface area contributed by atoms with Crippen LogP contribution in [0, 0.1) is 0 Å². The monoisotopic (exact) mass is 330 g/mol. The minimum absolute atomic E-state index is 1.41. The van der Waals surface area contributed by atoms with Crippen LogP contribution in [0.3, 0.4) is 0 Å². The Labute approximate surface area is 97.5 Å². The fraction of sp³-hybridized carbons (Fsp3) is 0.273. The first-order valence-electron chi connectivity index (χ1n) is 4.70. The molecule has 0 fully saturated rings. The Balaban J connectivity index is 2.36. The van der Waals surface area contributed by atoms with E-state index in [1.165, 1.54) is 10.4 Å². The molecule has 0 atom stereocenters. The van der Waals surface area contributed by atoms with Crippen LogP contribution in [0.1, 0.15) is 0 Å². The molecule has 2 aromatic rings. The first-order valence-corrected chi connectivity index (χ1v) is 16.4. The van der Waals surface area contributed by atoms with Gasteiger partial charge in [0.1, 0.15) is 0 Å². The maximum absolute atomic E-state index is 2.47. The molecule has 0 nitrogen and oxygen atoms in total. The van der Waals surface area contributed by atoms with Gasteiger partial charge in [-0.3, -0.25) is 0 Å². The van der Waals surface area contributed by atoms with Gasteiger partial charge in [-0.15, -0.1) is 0 Å². The van der Waals surface area contributed by atoms with Crippen LogP contribution in [0.25, 0.3) is 10.4 Å². The van der Waals surface area contributed by atoms with Gasteiger partial charge >= 0.3 is 98.2 Å². The second kappa shape index (κ2) is 3.99. The predicted molar refractivity (Wildman–Crippen MR) is 70.6 cm³/mol. The SMILES string of the molecule is [CH3][Sn]([CH3])([CH3])[c]1cc(-c2cccs2)cs1. The molecule has 0 aliphatic carbocycles. The van der Waals surface area contributed by atoms with Crippen molar-refractivity contribution in [2.45, 2.75) is 14.8 Å². The zero-order valence-corrected chi connectivity index (χ0v) is 13.2. The van der Waals surface area contributed by atoms with Crippen molar-refractivity contribution in [1.29, 1.82) is 0 Å². The zero-order chi connectivity index (χ0) is 10.2. The molecule has 0 aliphatic rings. The van der Waals surface area contributed by atoms with Crippen molar-refractivity contribution in [2.24, 2.45) is 0 Å². The Morgan fingerprint density at radius 1 is 1.14 bits per heavy atom. The van der Waals surface area contributed by atoms with E-state index in [0.29, 0.717) is 0 Å². The van der Waals surface area contributed by atoms with E-state index in [-0.39, 0.29) is 0 Å². The standard InChI is InChI=1S/C8H5S2.3CH3.Sn/c1-2-8(10-4-1)7-3-5-9-6-7;;;;/h1-4,6H;3*1H3;. The van der Waals surface area contributed by atoms with Gasteiger partial charge in [0, 0.05) is 0 Å². The topological polar surface area (TPSA) is 0 Å². The van der Waals surface area contributed by atoms with Gasteiger partial charge < -0.3 is 0 Å². The van der Waals surface area contributed by atoms with Crippen LogP contribution in [0.15, 0.2) is 29.0 Å². The van der Waals surface area contributed by atoms with Crippen molar-refractivity contribution < 1.29 is 0 Å². The molecule has 2 heterocycles. The molecule has 0 bridgehead atoms. The van der Waals surface area contributed by atoms with Crippen LogP contribution in [-0.2, 0) is 0 Å². The molecular formula is C11H14S2Sn. The van der Waals surface area contributed by atoms with Crippen LogP contribution in [0.4, 0.5) is 0 Å². The summed E-state index contributed by atoms with van der Waals surface area (Å²) in [6.45, 7) is 0. The average Bonchev–Trinajstić information content (AvgIpc) is 2.73. The molecule has 0 unspecified atom stereocenters. The van der Waals surface area contributed by atoms with E-state index in [4.69, 9.17) is 0 Å². The molecule has 0 aliphatic heterocycles. The third kappa shape index (κ3) is 2.23. The molecule has 74 valence electrons. The molecule has 2 aromatic heterocycles. The Morgan fingerprint density at radius 3 is 2.43 bits per heavy atom. The summed E-state index contributed by atoms with van der Waals surface area (Å²) < 4.78 is 1.67. The van der Waals surface area contributed by atoms with E-state index >= 15 is 0 Å². The molecule has 0 aromatic carbocycles. The van der Waals surface area contributed by atoms with E-state index in [1.807, 2.05) is 22.7 Å². The number of thiophene rings is 2. The zero-order valence-electron chi connectivity index (χ0n) is 8.70. The first-order chi connectivity index (χ1) is 6.57. The van der Waals surface area contributed by atoms with Crippen molar-refractivity contribution in [3.63, 3.8) is 0 Å². The fourth-order valence-electron chi connectivity index (χ4n) is 1.30. The van der Waals surface area contributed by atoms with Gasteiger partial charge in [-0.25, -0.2) is 0 Å². The Hall–Kier alpha value is 0.199. The van der Waals surface area contributed by atoms with E-state index < -0.39 is 18.4 Å². The van der Waals surface area contributed by atoms with Crippen LogP contribution in [-0.4, -0.2) is 18.4 Å². The van der Waals surface area contributed by atoms with Crippen LogP contribution in [0.2, 0.25) is 14.8 Å². The minimum atomic E-state index is -1.81. The summed E-state index contributed by atoms with van der Waals surface area (Å²) in [5, 5.41) is 4.45. The average molecular weight is 329 g/mol. The summed E-state index contributed by atoms with van der Waals surface area (Å²) in [4.78, 5) is 8.82. The summed E-state index contributed by atoms with van der Waals surface area (Å²) in [5.74, 6) is 0. The fourth-order valence-corrected chi connectivity index (χ4v) is 8.30. The molecule has 0 radical (unpaired) electrons. The summed E-state index contributed by atoms with van der Waals surface area (Å²) >= 11 is 1.98. The summed E-state index contributed by atoms with van der Waals surface area (Å²) in [6.07, 6.45) is 0. The van der Waals surface area contributed by atoms with Gasteiger partial charge in [0.05, 0.1) is 0 Å². The summed E-state index contributed by atoms with van der Waals surface area (Å²) in [6, 6.07) is 6.74. The van der Waals surface area contributed by atoms with Gasteiger partial charge in [0.2, 0.25) is 0 Å². The van der Waals surface area contributed by atoms with Crippen LogP contribution >= 0.6 is 22.7 Å². The van der Waals surface area contributed by atoms with Gasteiger partial charge in [-0.05, 0) is 0 Å². The molecule has 3 heteroatoms. The third-order valence-corrected chi connectivity index (χ3v) is 13.6. The normalized spacial score (nSPS) is 11.9. The number of rotatable bonds is 2. The molecule has 2 rings (SSSR count). The van der Waals surface area contributed by atoms with Gasteiger partial charge in [-0.2, -0.15) is 0 Å². The van der Waals surface area contributed by atoms with Crippen LogP contribution in [0.5, 0.6) is 0 Å². The van der Waals surface area contributed by atoms with Crippen molar-refractivity contribution in [2.75, 3.05) is 0 Å². The van der Waals surface area contributed by atoms with Crippen molar-refractivity contribution in [1.82, 2.24) is 0 Å². The molecule has 0 saturated carbocycles. The molecule has 0 spiro atoms. The van der Waals surface area contributed by atoms with E-state index in [9.17, 15) is 0 Å². The van der Waals surface area contributed by atoms with E-state index in [2.05, 4.69) is 43.8 Å². The van der Waals surface area contributed by atoms with E-state index in [0.717, 1.165) is 0 Å². The molecule has 14 heavy (non-hydrogen) atoms. The molecule has 0 saturated heterocycles. The van der Waals surface area contributed by atoms with Gasteiger partial charge in [-0.1, -0.05) is 0 Å². The van der Waals surface area contributed by atoms with Crippen molar-refractivity contribution >= 4 is 43.9 Å². The third-order valence-electron chi connectivity index (χ3n) is 2.14. The Morgan fingerprint density at radius 2 is 1.93 bits per heavy atom. The van der Waals surface area contributed by atoms with Crippen LogP contribution < -0.4 is 2.89 Å².